The van der Waals surface area contributed by atoms with Crippen molar-refractivity contribution in [3.05, 3.63) is 0 Å². The molecule has 1 fully saturated rings. The molecule has 0 amide bonds. The first-order valence-corrected chi connectivity index (χ1v) is 7.67. The van der Waals surface area contributed by atoms with Crippen LogP contribution in [0.4, 0.5) is 0 Å². The lowest BCUT2D eigenvalue weighted by Crippen LogP contribution is -2.46. The van der Waals surface area contributed by atoms with Gasteiger partial charge >= 0.3 is 0 Å². The molecule has 0 radical (unpaired) electrons. The molecule has 5 nitrogen and oxygen atoms in total. The summed E-state index contributed by atoms with van der Waals surface area (Å²) in [6.45, 7) is 6.50. The summed E-state index contributed by atoms with van der Waals surface area (Å²) in [6.07, 6.45) is 2.79. The highest BCUT2D eigenvalue weighted by Gasteiger charge is 2.26. The number of hydrogen-bond acceptors (Lipinski definition) is 4. The smallest absolute Gasteiger partial charge is 0.227 e. The molecule has 6 heteroatoms. The van der Waals surface area contributed by atoms with Gasteiger partial charge in [0.2, 0.25) is 10.0 Å². The topological polar surface area (TPSA) is 73.2 Å². The largest absolute Gasteiger partial charge is 0.303 e. The van der Waals surface area contributed by atoms with Crippen molar-refractivity contribution in [2.75, 3.05) is 19.6 Å². The molecule has 0 aromatic heterocycles. The predicted molar refractivity (Wildman–Crippen MR) is 66.9 cm³/mol. The van der Waals surface area contributed by atoms with E-state index >= 15 is 0 Å². The summed E-state index contributed by atoms with van der Waals surface area (Å²) in [5.74, 6) is 0. The molecule has 98 valence electrons. The summed E-state index contributed by atoms with van der Waals surface area (Å²) >= 11 is 0. The van der Waals surface area contributed by atoms with E-state index in [2.05, 4.69) is 16.5 Å². The molecule has 0 saturated carbocycles. The van der Waals surface area contributed by atoms with E-state index in [1.165, 1.54) is 6.92 Å². The molecule has 1 atom stereocenters. The van der Waals surface area contributed by atoms with Crippen molar-refractivity contribution in [3.8, 4) is 6.07 Å². The van der Waals surface area contributed by atoms with Gasteiger partial charge in [0.1, 0.15) is 0 Å². The molecule has 1 aliphatic heterocycles. The Bertz CT molecular complexity index is 367. The van der Waals surface area contributed by atoms with E-state index in [4.69, 9.17) is 5.26 Å². The van der Waals surface area contributed by atoms with Crippen LogP contribution in [0.1, 0.15) is 33.1 Å². The number of likely N-dealkylation sites (tertiary alicyclic amines) is 1. The number of piperidine rings is 1. The minimum absolute atomic E-state index is 0.0103. The van der Waals surface area contributed by atoms with Crippen molar-refractivity contribution in [1.82, 2.24) is 9.62 Å². The van der Waals surface area contributed by atoms with Crippen LogP contribution in [0, 0.1) is 11.3 Å². The van der Waals surface area contributed by atoms with Gasteiger partial charge in [-0.05, 0) is 45.8 Å². The van der Waals surface area contributed by atoms with Crippen LogP contribution < -0.4 is 4.72 Å². The van der Waals surface area contributed by atoms with E-state index in [1.54, 1.807) is 6.07 Å². The Morgan fingerprint density at radius 2 is 2.06 bits per heavy atom. The lowest BCUT2D eigenvalue weighted by molar-refractivity contribution is 0.207. The van der Waals surface area contributed by atoms with Gasteiger partial charge in [0.15, 0.2) is 5.25 Å². The van der Waals surface area contributed by atoms with Crippen molar-refractivity contribution < 1.29 is 8.42 Å². The number of rotatable bonds is 5. The SMILES string of the molecule is CCCN1CCC(NS(=O)(=O)C(C)C#N)CC1. The molecular weight excluding hydrogens is 238 g/mol. The van der Waals surface area contributed by atoms with Gasteiger partial charge < -0.3 is 4.90 Å². The van der Waals surface area contributed by atoms with Gasteiger partial charge in [0.25, 0.3) is 0 Å². The van der Waals surface area contributed by atoms with Crippen molar-refractivity contribution in [2.24, 2.45) is 0 Å². The van der Waals surface area contributed by atoms with Crippen LogP contribution in [0.2, 0.25) is 0 Å². The second-order valence-corrected chi connectivity index (χ2v) is 6.58. The summed E-state index contributed by atoms with van der Waals surface area (Å²) in [6, 6.07) is 1.75. The maximum absolute atomic E-state index is 11.7. The third-order valence-electron chi connectivity index (χ3n) is 3.11. The number of hydrogen-bond donors (Lipinski definition) is 1. The average Bonchev–Trinajstić information content (AvgIpc) is 2.30. The molecule has 1 aliphatic rings. The zero-order valence-electron chi connectivity index (χ0n) is 10.5. The minimum atomic E-state index is -3.47. The van der Waals surface area contributed by atoms with E-state index in [1.807, 2.05) is 0 Å². The van der Waals surface area contributed by atoms with Gasteiger partial charge in [-0.2, -0.15) is 5.26 Å². The van der Waals surface area contributed by atoms with Crippen LogP contribution in [0.25, 0.3) is 0 Å². The Morgan fingerprint density at radius 3 is 2.53 bits per heavy atom. The molecular formula is C11H21N3O2S. The van der Waals surface area contributed by atoms with E-state index in [-0.39, 0.29) is 6.04 Å². The van der Waals surface area contributed by atoms with Gasteiger partial charge in [0, 0.05) is 6.04 Å². The highest BCUT2D eigenvalue weighted by atomic mass is 32.2. The van der Waals surface area contributed by atoms with E-state index in [0.717, 1.165) is 38.9 Å². The average molecular weight is 259 g/mol. The lowest BCUT2D eigenvalue weighted by Gasteiger charge is -2.32. The van der Waals surface area contributed by atoms with Gasteiger partial charge in [0.05, 0.1) is 6.07 Å². The fraction of sp³-hybridized carbons (Fsp3) is 0.909. The summed E-state index contributed by atoms with van der Waals surface area (Å²) in [5.41, 5.74) is 0. The molecule has 1 unspecified atom stereocenters. The van der Waals surface area contributed by atoms with Gasteiger partial charge in [-0.1, -0.05) is 6.92 Å². The third-order valence-corrected chi connectivity index (χ3v) is 4.80. The molecule has 17 heavy (non-hydrogen) atoms. The summed E-state index contributed by atoms with van der Waals surface area (Å²) in [5, 5.41) is 7.66. The molecule has 1 saturated heterocycles. The first-order valence-electron chi connectivity index (χ1n) is 6.12. The van der Waals surface area contributed by atoms with Gasteiger partial charge in [-0.3, -0.25) is 0 Å². The first kappa shape index (κ1) is 14.4. The third kappa shape index (κ3) is 4.26. The van der Waals surface area contributed by atoms with Crippen molar-refractivity contribution in [3.63, 3.8) is 0 Å². The van der Waals surface area contributed by atoms with Crippen LogP contribution in [0.5, 0.6) is 0 Å². The van der Waals surface area contributed by atoms with Crippen LogP contribution in [0.3, 0.4) is 0 Å². The molecule has 0 aliphatic carbocycles. The molecule has 0 aromatic rings. The molecule has 1 N–H and O–H groups in total. The highest BCUT2D eigenvalue weighted by Crippen LogP contribution is 2.12. The molecule has 1 heterocycles. The standard InChI is InChI=1S/C11H21N3O2S/c1-3-6-14-7-4-11(5-8-14)13-17(15,16)10(2)9-12/h10-11,13H,3-8H2,1-2H3. The highest BCUT2D eigenvalue weighted by molar-refractivity contribution is 7.90. The second-order valence-electron chi connectivity index (χ2n) is 4.55. The zero-order chi connectivity index (χ0) is 12.9. The summed E-state index contributed by atoms with van der Waals surface area (Å²) < 4.78 is 26.0. The Hall–Kier alpha value is -0.640. The minimum Gasteiger partial charge on any atom is -0.303 e. The van der Waals surface area contributed by atoms with Crippen molar-refractivity contribution >= 4 is 10.0 Å². The summed E-state index contributed by atoms with van der Waals surface area (Å²) in [4.78, 5) is 2.35. The number of sulfonamides is 1. The number of nitriles is 1. The molecule has 0 aromatic carbocycles. The first-order chi connectivity index (χ1) is 7.99. The van der Waals surface area contributed by atoms with Crippen LogP contribution in [-0.4, -0.2) is 44.2 Å². The lowest BCUT2D eigenvalue weighted by atomic mass is 10.1. The van der Waals surface area contributed by atoms with Crippen molar-refractivity contribution in [2.45, 2.75) is 44.4 Å². The Labute approximate surface area is 104 Å². The molecule has 0 spiro atoms. The van der Waals surface area contributed by atoms with E-state index < -0.39 is 15.3 Å². The fourth-order valence-corrected chi connectivity index (χ4v) is 3.04. The zero-order valence-corrected chi connectivity index (χ0v) is 11.3. The van der Waals surface area contributed by atoms with Crippen LogP contribution in [-0.2, 0) is 10.0 Å². The van der Waals surface area contributed by atoms with Gasteiger partial charge in [-0.15, -0.1) is 0 Å². The summed E-state index contributed by atoms with van der Waals surface area (Å²) in [7, 11) is -3.47. The molecule has 1 rings (SSSR count). The Kier molecular flexibility index (Phi) is 5.37. The molecule has 0 bridgehead atoms. The number of nitrogens with zero attached hydrogens (tertiary/aromatic N) is 2. The van der Waals surface area contributed by atoms with E-state index in [9.17, 15) is 8.42 Å². The number of nitrogens with one attached hydrogen (secondary N) is 1. The quantitative estimate of drug-likeness (QED) is 0.788. The van der Waals surface area contributed by atoms with Crippen LogP contribution in [0.15, 0.2) is 0 Å². The predicted octanol–water partition coefficient (Wildman–Crippen LogP) is 0.692. The van der Waals surface area contributed by atoms with Crippen molar-refractivity contribution in [1.29, 1.82) is 5.26 Å². The van der Waals surface area contributed by atoms with E-state index in [0.29, 0.717) is 0 Å². The maximum atomic E-state index is 11.7. The Morgan fingerprint density at radius 1 is 1.47 bits per heavy atom. The monoisotopic (exact) mass is 259 g/mol. The second kappa shape index (κ2) is 6.34. The van der Waals surface area contributed by atoms with Crippen LogP contribution >= 0.6 is 0 Å². The normalized spacial score (nSPS) is 21.0. The Balaban J connectivity index is 2.44. The van der Waals surface area contributed by atoms with Gasteiger partial charge in [-0.25, -0.2) is 13.1 Å². The maximum Gasteiger partial charge on any atom is 0.227 e. The fourth-order valence-electron chi connectivity index (χ4n) is 1.99.